The summed E-state index contributed by atoms with van der Waals surface area (Å²) in [5.41, 5.74) is 4.07. The number of hydrogen-bond acceptors (Lipinski definition) is 4. The molecule has 26 heavy (non-hydrogen) atoms. The number of amides is 1. The van der Waals surface area contributed by atoms with Crippen LogP contribution in [0.15, 0.2) is 29.0 Å². The Kier molecular flexibility index (Phi) is 7.08. The average Bonchev–Trinajstić information content (AvgIpc) is 3.27. The quantitative estimate of drug-likeness (QED) is 0.802. The van der Waals surface area contributed by atoms with Crippen molar-refractivity contribution in [1.82, 2.24) is 15.2 Å². The lowest BCUT2D eigenvalue weighted by molar-refractivity contribution is 0.0606. The summed E-state index contributed by atoms with van der Waals surface area (Å²) in [5, 5.41) is 7.61. The van der Waals surface area contributed by atoms with Gasteiger partial charge < -0.3 is 10.2 Å². The van der Waals surface area contributed by atoms with Crippen LogP contribution in [0.3, 0.4) is 0 Å². The summed E-state index contributed by atoms with van der Waals surface area (Å²) in [6, 6.07) is 5.97. The molecular weight excluding hydrogens is 389 g/mol. The Hall–Kier alpha value is -1.14. The number of aryl methyl sites for hydroxylation is 1. The van der Waals surface area contributed by atoms with Crippen molar-refractivity contribution in [3.05, 3.63) is 40.2 Å². The van der Waals surface area contributed by atoms with Gasteiger partial charge in [0.05, 0.1) is 17.0 Å². The molecular formula is C19H25Cl2N3OS. The first kappa shape index (κ1) is 21.2. The smallest absolute Gasteiger partial charge is 0.255 e. The topological polar surface area (TPSA) is 45.2 Å². The van der Waals surface area contributed by atoms with Crippen LogP contribution in [0.1, 0.15) is 35.3 Å². The molecule has 2 aromatic heterocycles. The molecule has 0 unspecified atom stereocenters. The third-order valence-electron chi connectivity index (χ3n) is 5.58. The minimum absolute atomic E-state index is 0. The van der Waals surface area contributed by atoms with Crippen LogP contribution in [-0.2, 0) is 0 Å². The van der Waals surface area contributed by atoms with Crippen LogP contribution >= 0.6 is 36.2 Å². The van der Waals surface area contributed by atoms with Crippen molar-refractivity contribution >= 4 is 42.1 Å². The van der Waals surface area contributed by atoms with E-state index in [2.05, 4.69) is 21.7 Å². The predicted octanol–water partition coefficient (Wildman–Crippen LogP) is 4.18. The number of nitrogens with zero attached hydrogens (tertiary/aromatic N) is 2. The monoisotopic (exact) mass is 413 g/mol. The van der Waals surface area contributed by atoms with Gasteiger partial charge in [0.1, 0.15) is 0 Å². The van der Waals surface area contributed by atoms with Crippen molar-refractivity contribution in [3.63, 3.8) is 0 Å². The number of aromatic nitrogens is 1. The maximum absolute atomic E-state index is 12.9. The lowest BCUT2D eigenvalue weighted by Crippen LogP contribution is -2.44. The Morgan fingerprint density at radius 1 is 1.19 bits per heavy atom. The van der Waals surface area contributed by atoms with Gasteiger partial charge in [-0.25, -0.2) is 0 Å². The van der Waals surface area contributed by atoms with Crippen LogP contribution in [0, 0.1) is 12.3 Å². The molecule has 4 heterocycles. The van der Waals surface area contributed by atoms with Gasteiger partial charge in [0.25, 0.3) is 5.91 Å². The van der Waals surface area contributed by atoms with Crippen LogP contribution in [0.4, 0.5) is 0 Å². The molecule has 0 atom stereocenters. The fourth-order valence-corrected chi connectivity index (χ4v) is 4.58. The fraction of sp³-hybridized carbons (Fsp3) is 0.474. The molecule has 4 rings (SSSR count). The molecule has 0 aromatic carbocycles. The molecule has 1 spiro atoms. The highest BCUT2D eigenvalue weighted by atomic mass is 35.5. The lowest BCUT2D eigenvalue weighted by atomic mass is 9.78. The number of likely N-dealkylation sites (tertiary alicyclic amines) is 1. The lowest BCUT2D eigenvalue weighted by Gasteiger charge is -2.39. The Bertz CT molecular complexity index is 735. The van der Waals surface area contributed by atoms with Gasteiger partial charge in [-0.1, -0.05) is 0 Å². The highest BCUT2D eigenvalue weighted by Gasteiger charge is 2.38. The largest absolute Gasteiger partial charge is 0.339 e. The molecule has 0 aliphatic carbocycles. The minimum atomic E-state index is 0. The van der Waals surface area contributed by atoms with E-state index in [1.807, 2.05) is 29.3 Å². The molecule has 1 amide bonds. The van der Waals surface area contributed by atoms with E-state index in [0.717, 1.165) is 61.5 Å². The normalized spacial score (nSPS) is 18.3. The Balaban J connectivity index is 0.00000121. The Labute approximate surface area is 171 Å². The van der Waals surface area contributed by atoms with Crippen LogP contribution in [0.25, 0.3) is 11.3 Å². The van der Waals surface area contributed by atoms with E-state index in [-0.39, 0.29) is 30.7 Å². The highest BCUT2D eigenvalue weighted by molar-refractivity contribution is 7.08. The predicted molar refractivity (Wildman–Crippen MR) is 112 cm³/mol. The van der Waals surface area contributed by atoms with E-state index in [4.69, 9.17) is 0 Å². The zero-order valence-electron chi connectivity index (χ0n) is 14.9. The first-order valence-electron chi connectivity index (χ1n) is 8.67. The molecule has 0 bridgehead atoms. The number of pyridine rings is 1. The minimum Gasteiger partial charge on any atom is -0.339 e. The standard InChI is InChI=1S/C19H23N3OS.2ClH/c1-14-16(2-3-17(21-14)15-4-11-24-12-15)18(23)22-9-6-19(7-10-22)5-8-20-13-19;;/h2-4,11-12,20H,5-10,13H2,1H3;2*1H. The number of halogens is 2. The van der Waals surface area contributed by atoms with E-state index in [1.165, 1.54) is 6.42 Å². The number of carbonyl (C=O) groups excluding carboxylic acids is 1. The SMILES string of the molecule is Cc1nc(-c2ccsc2)ccc1C(=O)N1CCC2(CCNC2)CC1.Cl.Cl. The number of thiophene rings is 1. The second-order valence-corrected chi connectivity index (χ2v) is 7.84. The summed E-state index contributed by atoms with van der Waals surface area (Å²) < 4.78 is 0. The van der Waals surface area contributed by atoms with E-state index in [0.29, 0.717) is 5.41 Å². The van der Waals surface area contributed by atoms with Gasteiger partial charge in [0.2, 0.25) is 0 Å². The van der Waals surface area contributed by atoms with Crippen LogP contribution in [0.2, 0.25) is 0 Å². The highest BCUT2D eigenvalue weighted by Crippen LogP contribution is 2.37. The van der Waals surface area contributed by atoms with Crippen LogP contribution in [-0.4, -0.2) is 42.0 Å². The first-order chi connectivity index (χ1) is 11.7. The van der Waals surface area contributed by atoms with Crippen molar-refractivity contribution in [2.75, 3.05) is 26.2 Å². The third-order valence-corrected chi connectivity index (χ3v) is 6.26. The Morgan fingerprint density at radius 3 is 2.54 bits per heavy atom. The molecule has 2 aromatic rings. The molecule has 2 saturated heterocycles. The Morgan fingerprint density at radius 2 is 1.96 bits per heavy atom. The molecule has 142 valence electrons. The zero-order chi connectivity index (χ0) is 16.6. The summed E-state index contributed by atoms with van der Waals surface area (Å²) in [7, 11) is 0. The second kappa shape index (κ2) is 8.70. The maximum Gasteiger partial charge on any atom is 0.255 e. The molecule has 1 N–H and O–H groups in total. The van der Waals surface area contributed by atoms with E-state index < -0.39 is 0 Å². The summed E-state index contributed by atoms with van der Waals surface area (Å²) >= 11 is 1.66. The van der Waals surface area contributed by atoms with Crippen molar-refractivity contribution < 1.29 is 4.79 Å². The van der Waals surface area contributed by atoms with Crippen molar-refractivity contribution in [1.29, 1.82) is 0 Å². The molecule has 2 aliphatic rings. The number of carbonyl (C=O) groups is 1. The molecule has 7 heteroatoms. The molecule has 0 saturated carbocycles. The summed E-state index contributed by atoms with van der Waals surface area (Å²) in [6.45, 7) is 5.92. The van der Waals surface area contributed by atoms with E-state index >= 15 is 0 Å². The average molecular weight is 414 g/mol. The van der Waals surface area contributed by atoms with Gasteiger partial charge in [-0.3, -0.25) is 9.78 Å². The van der Waals surface area contributed by atoms with Gasteiger partial charge in [0.15, 0.2) is 0 Å². The van der Waals surface area contributed by atoms with Gasteiger partial charge in [0, 0.05) is 30.6 Å². The van der Waals surface area contributed by atoms with Gasteiger partial charge in [-0.2, -0.15) is 11.3 Å². The fourth-order valence-electron chi connectivity index (χ4n) is 3.93. The summed E-state index contributed by atoms with van der Waals surface area (Å²) in [5.74, 6) is 0.137. The van der Waals surface area contributed by atoms with Crippen LogP contribution < -0.4 is 5.32 Å². The van der Waals surface area contributed by atoms with Gasteiger partial charge >= 0.3 is 0 Å². The third kappa shape index (κ3) is 4.06. The van der Waals surface area contributed by atoms with E-state index in [1.54, 1.807) is 11.3 Å². The van der Waals surface area contributed by atoms with Crippen molar-refractivity contribution in [3.8, 4) is 11.3 Å². The number of rotatable bonds is 2. The molecule has 2 fully saturated rings. The summed E-state index contributed by atoms with van der Waals surface area (Å²) in [6.07, 6.45) is 3.49. The van der Waals surface area contributed by atoms with E-state index in [9.17, 15) is 4.79 Å². The maximum atomic E-state index is 12.9. The molecule has 4 nitrogen and oxygen atoms in total. The van der Waals surface area contributed by atoms with Crippen molar-refractivity contribution in [2.24, 2.45) is 5.41 Å². The zero-order valence-corrected chi connectivity index (χ0v) is 17.3. The first-order valence-corrected chi connectivity index (χ1v) is 9.61. The molecule has 0 radical (unpaired) electrons. The van der Waals surface area contributed by atoms with Gasteiger partial charge in [-0.05, 0) is 61.7 Å². The van der Waals surface area contributed by atoms with Gasteiger partial charge in [-0.15, -0.1) is 24.8 Å². The number of nitrogens with one attached hydrogen (secondary N) is 1. The number of piperidine rings is 1. The summed E-state index contributed by atoms with van der Waals surface area (Å²) in [4.78, 5) is 19.6. The van der Waals surface area contributed by atoms with Crippen LogP contribution in [0.5, 0.6) is 0 Å². The van der Waals surface area contributed by atoms with Crippen molar-refractivity contribution in [2.45, 2.75) is 26.2 Å². The second-order valence-electron chi connectivity index (χ2n) is 7.06. The number of hydrogen-bond donors (Lipinski definition) is 1. The molecule has 2 aliphatic heterocycles.